The highest BCUT2D eigenvalue weighted by molar-refractivity contribution is 5.78. The molecule has 1 aliphatic heterocycles. The van der Waals surface area contributed by atoms with Gasteiger partial charge >= 0.3 is 0 Å². The lowest BCUT2D eigenvalue weighted by molar-refractivity contribution is -0.123. The van der Waals surface area contributed by atoms with Crippen LogP contribution in [0.2, 0.25) is 0 Å². The first-order valence-electron chi connectivity index (χ1n) is 8.00. The Balaban J connectivity index is 1.38. The Morgan fingerprint density at radius 1 is 1.23 bits per heavy atom. The molecular weight excluding hydrogens is 280 g/mol. The van der Waals surface area contributed by atoms with E-state index >= 15 is 0 Å². The van der Waals surface area contributed by atoms with E-state index in [0.29, 0.717) is 19.7 Å². The molecule has 1 saturated carbocycles. The number of amides is 1. The number of nitrogens with zero attached hydrogens (tertiary/aromatic N) is 1. The molecule has 120 valence electrons. The van der Waals surface area contributed by atoms with Gasteiger partial charge in [-0.25, -0.2) is 0 Å². The minimum absolute atomic E-state index is 0.105. The summed E-state index contributed by atoms with van der Waals surface area (Å²) in [6.07, 6.45) is 2.25. The molecule has 1 N–H and O–H groups in total. The highest BCUT2D eigenvalue weighted by Gasteiger charge is 2.43. The Kier molecular flexibility index (Phi) is 4.95. The molecular formula is C17H24N2O3. The first-order chi connectivity index (χ1) is 10.8. The maximum absolute atomic E-state index is 12.0. The van der Waals surface area contributed by atoms with Crippen LogP contribution < -0.4 is 10.1 Å². The molecule has 0 unspecified atom stereocenters. The van der Waals surface area contributed by atoms with E-state index in [-0.39, 0.29) is 11.3 Å². The number of hydrogen-bond donors (Lipinski definition) is 1. The van der Waals surface area contributed by atoms with Crippen LogP contribution >= 0.6 is 0 Å². The average molecular weight is 304 g/mol. The lowest BCUT2D eigenvalue weighted by atomic mass is 10.1. The molecule has 1 heterocycles. The summed E-state index contributed by atoms with van der Waals surface area (Å²) in [4.78, 5) is 14.2. The fraction of sp³-hybridized carbons (Fsp3) is 0.588. The van der Waals surface area contributed by atoms with Crippen molar-refractivity contribution in [3.8, 4) is 5.75 Å². The van der Waals surface area contributed by atoms with Crippen molar-refractivity contribution in [1.29, 1.82) is 0 Å². The Morgan fingerprint density at radius 2 is 1.95 bits per heavy atom. The molecule has 5 heteroatoms. The summed E-state index contributed by atoms with van der Waals surface area (Å²) < 4.78 is 11.1. The van der Waals surface area contributed by atoms with Crippen LogP contribution in [-0.4, -0.2) is 56.8 Å². The number of ether oxygens (including phenoxy) is 2. The number of benzene rings is 1. The van der Waals surface area contributed by atoms with E-state index in [0.717, 1.165) is 44.9 Å². The van der Waals surface area contributed by atoms with Gasteiger partial charge in [-0.3, -0.25) is 9.69 Å². The lowest BCUT2D eigenvalue weighted by Crippen LogP contribution is -2.44. The fourth-order valence-corrected chi connectivity index (χ4v) is 2.61. The quantitative estimate of drug-likeness (QED) is 0.825. The van der Waals surface area contributed by atoms with Gasteiger partial charge in [0.1, 0.15) is 5.75 Å². The normalized spacial score (nSPS) is 20.4. The van der Waals surface area contributed by atoms with Gasteiger partial charge in [-0.2, -0.15) is 0 Å². The zero-order valence-electron chi connectivity index (χ0n) is 12.9. The molecule has 5 nitrogen and oxygen atoms in total. The number of nitrogens with one attached hydrogen (secondary N) is 1. The van der Waals surface area contributed by atoms with Gasteiger partial charge < -0.3 is 14.8 Å². The van der Waals surface area contributed by atoms with E-state index in [1.165, 1.54) is 0 Å². The molecule has 22 heavy (non-hydrogen) atoms. The van der Waals surface area contributed by atoms with Crippen LogP contribution in [0.25, 0.3) is 0 Å². The van der Waals surface area contributed by atoms with Crippen LogP contribution in [-0.2, 0) is 9.53 Å². The Labute approximate surface area is 131 Å². The SMILES string of the molecule is O=C(CN1CCOCC1)NCC1(COc2ccccc2)CC1. The number of carbonyl (C=O) groups is 1. The second-order valence-corrected chi connectivity index (χ2v) is 6.27. The zero-order valence-corrected chi connectivity index (χ0v) is 12.9. The monoisotopic (exact) mass is 304 g/mol. The molecule has 0 atom stereocenters. The van der Waals surface area contributed by atoms with Gasteiger partial charge in [0.15, 0.2) is 0 Å². The molecule has 0 spiro atoms. The minimum Gasteiger partial charge on any atom is -0.493 e. The molecule has 1 aliphatic carbocycles. The van der Waals surface area contributed by atoms with Crippen molar-refractivity contribution in [1.82, 2.24) is 10.2 Å². The summed E-state index contributed by atoms with van der Waals surface area (Å²) in [5.41, 5.74) is 0.135. The zero-order chi connectivity index (χ0) is 15.3. The number of hydrogen-bond acceptors (Lipinski definition) is 4. The minimum atomic E-state index is 0.105. The van der Waals surface area contributed by atoms with Crippen LogP contribution in [0.4, 0.5) is 0 Å². The van der Waals surface area contributed by atoms with Crippen LogP contribution in [0.1, 0.15) is 12.8 Å². The highest BCUT2D eigenvalue weighted by atomic mass is 16.5. The van der Waals surface area contributed by atoms with E-state index < -0.39 is 0 Å². The number of morpholine rings is 1. The molecule has 3 rings (SSSR count). The first-order valence-corrected chi connectivity index (χ1v) is 8.00. The topological polar surface area (TPSA) is 50.8 Å². The largest absolute Gasteiger partial charge is 0.493 e. The summed E-state index contributed by atoms with van der Waals surface area (Å²) in [5.74, 6) is 1.00. The molecule has 2 fully saturated rings. The number of para-hydroxylation sites is 1. The van der Waals surface area contributed by atoms with Gasteiger partial charge in [-0.15, -0.1) is 0 Å². The Hall–Kier alpha value is -1.59. The van der Waals surface area contributed by atoms with Gasteiger partial charge in [0.25, 0.3) is 0 Å². The summed E-state index contributed by atoms with van der Waals surface area (Å²) in [7, 11) is 0. The number of carbonyl (C=O) groups excluding carboxylic acids is 1. The molecule has 1 saturated heterocycles. The van der Waals surface area contributed by atoms with Crippen LogP contribution in [0, 0.1) is 5.41 Å². The van der Waals surface area contributed by atoms with Gasteiger partial charge in [-0.1, -0.05) is 18.2 Å². The maximum atomic E-state index is 12.0. The van der Waals surface area contributed by atoms with Crippen molar-refractivity contribution in [2.75, 3.05) is 46.0 Å². The fourth-order valence-electron chi connectivity index (χ4n) is 2.61. The molecule has 1 aromatic carbocycles. The van der Waals surface area contributed by atoms with Crippen LogP contribution in [0.3, 0.4) is 0 Å². The van der Waals surface area contributed by atoms with Crippen molar-refractivity contribution in [2.45, 2.75) is 12.8 Å². The van der Waals surface area contributed by atoms with Crippen molar-refractivity contribution in [2.24, 2.45) is 5.41 Å². The lowest BCUT2D eigenvalue weighted by Gasteiger charge is -2.26. The Bertz CT molecular complexity index is 482. The van der Waals surface area contributed by atoms with Crippen molar-refractivity contribution >= 4 is 5.91 Å². The third kappa shape index (κ3) is 4.45. The van der Waals surface area contributed by atoms with Gasteiger partial charge in [0.05, 0.1) is 26.4 Å². The van der Waals surface area contributed by atoms with E-state index in [2.05, 4.69) is 10.2 Å². The molecule has 1 amide bonds. The van der Waals surface area contributed by atoms with Crippen LogP contribution in [0.5, 0.6) is 5.75 Å². The second-order valence-electron chi connectivity index (χ2n) is 6.27. The van der Waals surface area contributed by atoms with Crippen molar-refractivity contribution in [3.63, 3.8) is 0 Å². The predicted octanol–water partition coefficient (Wildman–Crippen LogP) is 1.29. The molecule has 2 aliphatic rings. The summed E-state index contributed by atoms with van der Waals surface area (Å²) in [6.45, 7) is 4.99. The maximum Gasteiger partial charge on any atom is 0.234 e. The third-order valence-electron chi connectivity index (χ3n) is 4.38. The first kappa shape index (κ1) is 15.3. The van der Waals surface area contributed by atoms with E-state index in [9.17, 15) is 4.79 Å². The molecule has 1 aromatic rings. The van der Waals surface area contributed by atoms with E-state index in [1.807, 2.05) is 30.3 Å². The van der Waals surface area contributed by atoms with Gasteiger partial charge in [0.2, 0.25) is 5.91 Å². The number of rotatable bonds is 7. The van der Waals surface area contributed by atoms with Gasteiger partial charge in [-0.05, 0) is 25.0 Å². The van der Waals surface area contributed by atoms with Crippen molar-refractivity contribution < 1.29 is 14.3 Å². The third-order valence-corrected chi connectivity index (χ3v) is 4.38. The second kappa shape index (κ2) is 7.11. The standard InChI is InChI=1S/C17H24N2O3/c20-16(12-19-8-10-21-11-9-19)18-13-17(6-7-17)14-22-15-4-2-1-3-5-15/h1-5H,6-14H2,(H,18,20). The van der Waals surface area contributed by atoms with Crippen LogP contribution in [0.15, 0.2) is 30.3 Å². The summed E-state index contributed by atoms with van der Waals surface area (Å²) in [5, 5.41) is 3.07. The van der Waals surface area contributed by atoms with Crippen molar-refractivity contribution in [3.05, 3.63) is 30.3 Å². The predicted molar refractivity (Wildman–Crippen MR) is 83.9 cm³/mol. The van der Waals surface area contributed by atoms with E-state index in [1.54, 1.807) is 0 Å². The highest BCUT2D eigenvalue weighted by Crippen LogP contribution is 2.45. The van der Waals surface area contributed by atoms with Gasteiger partial charge in [0, 0.05) is 25.0 Å². The smallest absolute Gasteiger partial charge is 0.234 e. The summed E-state index contributed by atoms with van der Waals surface area (Å²) >= 11 is 0. The molecule has 0 bridgehead atoms. The average Bonchev–Trinajstić information content (AvgIpc) is 3.34. The Morgan fingerprint density at radius 3 is 2.64 bits per heavy atom. The molecule has 0 aromatic heterocycles. The van der Waals surface area contributed by atoms with E-state index in [4.69, 9.17) is 9.47 Å². The summed E-state index contributed by atoms with van der Waals surface area (Å²) in [6, 6.07) is 9.85. The molecule has 0 radical (unpaired) electrons.